The smallest absolute Gasteiger partial charge is 0.272 e. The lowest BCUT2D eigenvalue weighted by molar-refractivity contribution is -0.135. The minimum Gasteiger partial charge on any atom is -0.342 e. The van der Waals surface area contributed by atoms with Crippen LogP contribution in [-0.4, -0.2) is 52.8 Å². The van der Waals surface area contributed by atoms with Gasteiger partial charge in [0.25, 0.3) is 5.91 Å². The van der Waals surface area contributed by atoms with E-state index in [0.29, 0.717) is 18.8 Å². The predicted molar refractivity (Wildman–Crippen MR) is 96.2 cm³/mol. The third-order valence-corrected chi connectivity index (χ3v) is 5.37. The molecule has 2 aromatic rings. The summed E-state index contributed by atoms with van der Waals surface area (Å²) in [4.78, 5) is 33.6. The predicted octanol–water partition coefficient (Wildman–Crippen LogP) is 2.71. The van der Waals surface area contributed by atoms with Crippen LogP contribution in [-0.2, 0) is 4.79 Å². The number of hydrogen-bond acceptors (Lipinski definition) is 3. The topological polar surface area (TPSA) is 53.5 Å². The molecule has 0 radical (unpaired) electrons. The SMILES string of the molecule is O=C(c1ccc2ccccc2n1)N1CCC(C(=O)N2CCCC2)CC1. The number of nitrogens with zero attached hydrogens (tertiary/aromatic N) is 3. The Morgan fingerprint density at radius 3 is 2.36 bits per heavy atom. The molecule has 2 amide bonds. The maximum absolute atomic E-state index is 12.7. The summed E-state index contributed by atoms with van der Waals surface area (Å²) in [5.74, 6) is 0.331. The van der Waals surface area contributed by atoms with Crippen molar-refractivity contribution in [2.45, 2.75) is 25.7 Å². The van der Waals surface area contributed by atoms with Gasteiger partial charge in [0.2, 0.25) is 5.91 Å². The highest BCUT2D eigenvalue weighted by molar-refractivity contribution is 5.95. The lowest BCUT2D eigenvalue weighted by Gasteiger charge is -2.33. The van der Waals surface area contributed by atoms with Gasteiger partial charge in [0.05, 0.1) is 5.52 Å². The Hall–Kier alpha value is -2.43. The second kappa shape index (κ2) is 6.82. The summed E-state index contributed by atoms with van der Waals surface area (Å²) in [5, 5.41) is 1.04. The van der Waals surface area contributed by atoms with E-state index in [0.717, 1.165) is 49.7 Å². The molecule has 5 heteroatoms. The Morgan fingerprint density at radius 1 is 0.880 bits per heavy atom. The number of para-hydroxylation sites is 1. The van der Waals surface area contributed by atoms with Crippen molar-refractivity contribution in [1.82, 2.24) is 14.8 Å². The number of fused-ring (bicyclic) bond motifs is 1. The molecule has 130 valence electrons. The minimum atomic E-state index is -0.0298. The molecular formula is C20H23N3O2. The Balaban J connectivity index is 1.41. The van der Waals surface area contributed by atoms with E-state index < -0.39 is 0 Å². The molecule has 0 aliphatic carbocycles. The van der Waals surface area contributed by atoms with Gasteiger partial charge >= 0.3 is 0 Å². The number of amides is 2. The Kier molecular flexibility index (Phi) is 4.38. The van der Waals surface area contributed by atoms with Gasteiger partial charge in [-0.05, 0) is 37.8 Å². The molecule has 2 saturated heterocycles. The fourth-order valence-electron chi connectivity index (χ4n) is 3.87. The first-order chi connectivity index (χ1) is 12.2. The summed E-state index contributed by atoms with van der Waals surface area (Å²) in [6.07, 6.45) is 3.76. The lowest BCUT2D eigenvalue weighted by atomic mass is 9.95. The van der Waals surface area contributed by atoms with Crippen LogP contribution in [0.5, 0.6) is 0 Å². The van der Waals surface area contributed by atoms with Crippen molar-refractivity contribution in [3.05, 3.63) is 42.1 Å². The standard InChI is InChI=1S/C20H23N3O2/c24-19(22-11-3-4-12-22)16-9-13-23(14-10-16)20(25)18-8-7-15-5-1-2-6-17(15)21-18/h1-2,5-8,16H,3-4,9-14H2. The Morgan fingerprint density at radius 2 is 1.60 bits per heavy atom. The molecule has 3 heterocycles. The van der Waals surface area contributed by atoms with Crippen molar-refractivity contribution >= 4 is 22.7 Å². The highest BCUT2D eigenvalue weighted by Gasteiger charge is 2.31. The van der Waals surface area contributed by atoms with Gasteiger partial charge in [-0.3, -0.25) is 9.59 Å². The number of likely N-dealkylation sites (tertiary alicyclic amines) is 2. The number of aromatic nitrogens is 1. The van der Waals surface area contributed by atoms with Crippen LogP contribution in [0.4, 0.5) is 0 Å². The maximum atomic E-state index is 12.7. The van der Waals surface area contributed by atoms with Gasteiger partial charge in [0, 0.05) is 37.5 Å². The summed E-state index contributed by atoms with van der Waals surface area (Å²) in [6, 6.07) is 11.6. The van der Waals surface area contributed by atoms with Gasteiger partial charge in [-0.25, -0.2) is 4.98 Å². The fourth-order valence-corrected chi connectivity index (χ4v) is 3.87. The van der Waals surface area contributed by atoms with Crippen molar-refractivity contribution in [3.8, 4) is 0 Å². The molecule has 0 spiro atoms. The quantitative estimate of drug-likeness (QED) is 0.847. The number of carbonyl (C=O) groups is 2. The van der Waals surface area contributed by atoms with Gasteiger partial charge in [0.1, 0.15) is 5.69 Å². The number of piperidine rings is 1. The van der Waals surface area contributed by atoms with E-state index in [1.54, 1.807) is 6.07 Å². The van der Waals surface area contributed by atoms with Crippen LogP contribution in [0.15, 0.2) is 36.4 Å². The van der Waals surface area contributed by atoms with Gasteiger partial charge in [-0.1, -0.05) is 24.3 Å². The minimum absolute atomic E-state index is 0.0298. The highest BCUT2D eigenvalue weighted by atomic mass is 16.2. The molecule has 0 unspecified atom stereocenters. The van der Waals surface area contributed by atoms with Gasteiger partial charge < -0.3 is 9.80 Å². The second-order valence-electron chi connectivity index (χ2n) is 6.99. The number of hydrogen-bond donors (Lipinski definition) is 0. The summed E-state index contributed by atoms with van der Waals surface area (Å²) < 4.78 is 0. The van der Waals surface area contributed by atoms with Gasteiger partial charge in [0.15, 0.2) is 0 Å². The van der Waals surface area contributed by atoms with E-state index >= 15 is 0 Å². The molecule has 0 saturated carbocycles. The summed E-state index contributed by atoms with van der Waals surface area (Å²) >= 11 is 0. The Labute approximate surface area is 147 Å². The molecule has 1 aromatic heterocycles. The third-order valence-electron chi connectivity index (χ3n) is 5.37. The van der Waals surface area contributed by atoms with Crippen molar-refractivity contribution in [2.24, 2.45) is 5.92 Å². The largest absolute Gasteiger partial charge is 0.342 e. The molecule has 25 heavy (non-hydrogen) atoms. The molecule has 1 aromatic carbocycles. The monoisotopic (exact) mass is 337 g/mol. The first-order valence-electron chi connectivity index (χ1n) is 9.16. The van der Waals surface area contributed by atoms with Crippen LogP contribution >= 0.6 is 0 Å². The molecular weight excluding hydrogens is 314 g/mol. The number of rotatable bonds is 2. The van der Waals surface area contributed by atoms with Crippen LogP contribution in [0.3, 0.4) is 0 Å². The van der Waals surface area contributed by atoms with Crippen molar-refractivity contribution in [1.29, 1.82) is 0 Å². The molecule has 5 nitrogen and oxygen atoms in total. The molecule has 2 aliphatic heterocycles. The highest BCUT2D eigenvalue weighted by Crippen LogP contribution is 2.23. The second-order valence-corrected chi connectivity index (χ2v) is 6.99. The van der Waals surface area contributed by atoms with Crippen LogP contribution in [0, 0.1) is 5.92 Å². The summed E-state index contributed by atoms with van der Waals surface area (Å²) in [7, 11) is 0. The zero-order chi connectivity index (χ0) is 17.2. The fraction of sp³-hybridized carbons (Fsp3) is 0.450. The summed E-state index contributed by atoms with van der Waals surface area (Å²) in [5.41, 5.74) is 1.33. The maximum Gasteiger partial charge on any atom is 0.272 e. The first-order valence-corrected chi connectivity index (χ1v) is 9.16. The lowest BCUT2D eigenvalue weighted by Crippen LogP contribution is -2.44. The molecule has 0 bridgehead atoms. The molecule has 0 N–H and O–H groups in total. The number of carbonyl (C=O) groups excluding carboxylic acids is 2. The molecule has 2 aliphatic rings. The van der Waals surface area contributed by atoms with Crippen molar-refractivity contribution in [2.75, 3.05) is 26.2 Å². The first kappa shape index (κ1) is 16.1. The summed E-state index contributed by atoms with van der Waals surface area (Å²) in [6.45, 7) is 3.08. The van der Waals surface area contributed by atoms with E-state index in [4.69, 9.17) is 0 Å². The normalized spacial score (nSPS) is 18.7. The van der Waals surface area contributed by atoms with E-state index in [2.05, 4.69) is 4.98 Å². The molecule has 2 fully saturated rings. The van der Waals surface area contributed by atoms with E-state index in [1.807, 2.05) is 40.1 Å². The van der Waals surface area contributed by atoms with Crippen molar-refractivity contribution in [3.63, 3.8) is 0 Å². The average Bonchev–Trinajstić information content (AvgIpc) is 3.21. The van der Waals surface area contributed by atoms with Crippen LogP contribution in [0.25, 0.3) is 10.9 Å². The third kappa shape index (κ3) is 3.23. The van der Waals surface area contributed by atoms with Gasteiger partial charge in [-0.2, -0.15) is 0 Å². The van der Waals surface area contributed by atoms with Crippen molar-refractivity contribution < 1.29 is 9.59 Å². The van der Waals surface area contributed by atoms with E-state index in [-0.39, 0.29) is 17.7 Å². The number of pyridine rings is 1. The molecule has 4 rings (SSSR count). The van der Waals surface area contributed by atoms with Crippen LogP contribution in [0.2, 0.25) is 0 Å². The average molecular weight is 337 g/mol. The number of benzene rings is 1. The zero-order valence-corrected chi connectivity index (χ0v) is 14.4. The van der Waals surface area contributed by atoms with Crippen LogP contribution < -0.4 is 0 Å². The van der Waals surface area contributed by atoms with Crippen LogP contribution in [0.1, 0.15) is 36.2 Å². The zero-order valence-electron chi connectivity index (χ0n) is 14.4. The van der Waals surface area contributed by atoms with E-state index in [1.165, 1.54) is 0 Å². The van der Waals surface area contributed by atoms with Gasteiger partial charge in [-0.15, -0.1) is 0 Å². The van der Waals surface area contributed by atoms with E-state index in [9.17, 15) is 9.59 Å². The Bertz CT molecular complexity index is 790. The molecule has 0 atom stereocenters.